The van der Waals surface area contributed by atoms with Gasteiger partial charge in [-0.05, 0) is 19.3 Å². The Bertz CT molecular complexity index is 304. The Kier molecular flexibility index (Phi) is 5.36. The van der Waals surface area contributed by atoms with Gasteiger partial charge in [-0.15, -0.1) is 0 Å². The van der Waals surface area contributed by atoms with Crippen molar-refractivity contribution < 1.29 is 27.1 Å². The molecule has 0 unspecified atom stereocenters. The summed E-state index contributed by atoms with van der Waals surface area (Å²) in [5.41, 5.74) is 0.0665. The van der Waals surface area contributed by atoms with E-state index >= 15 is 0 Å². The number of unbranched alkanes of at least 4 members (excludes halogenated alkanes) is 1. The summed E-state index contributed by atoms with van der Waals surface area (Å²) in [7, 11) is -4.38. The molecule has 0 radical (unpaired) electrons. The highest BCUT2D eigenvalue weighted by atomic mass is 32.3. The van der Waals surface area contributed by atoms with Crippen molar-refractivity contribution in [3.63, 3.8) is 0 Å². The van der Waals surface area contributed by atoms with Gasteiger partial charge in [-0.2, -0.15) is 8.42 Å². The third-order valence-electron chi connectivity index (χ3n) is 1.41. The van der Waals surface area contributed by atoms with Crippen molar-refractivity contribution in [2.24, 2.45) is 0 Å². The lowest BCUT2D eigenvalue weighted by Crippen LogP contribution is -2.05. The van der Waals surface area contributed by atoms with Crippen molar-refractivity contribution >= 4 is 16.4 Å². The van der Waals surface area contributed by atoms with E-state index in [9.17, 15) is 13.2 Å². The number of aliphatic carboxylic acids is 1. The van der Waals surface area contributed by atoms with Crippen LogP contribution in [0.25, 0.3) is 0 Å². The molecule has 0 bridgehead atoms. The molecule has 0 aliphatic carbocycles. The second kappa shape index (κ2) is 5.74. The van der Waals surface area contributed by atoms with E-state index in [0.29, 0.717) is 12.8 Å². The molecule has 0 rings (SSSR count). The van der Waals surface area contributed by atoms with E-state index < -0.39 is 16.4 Å². The Morgan fingerprint density at radius 2 is 1.93 bits per heavy atom. The normalized spacial score (nSPS) is 11.2. The highest BCUT2D eigenvalue weighted by Gasteiger charge is 2.05. The molecule has 0 atom stereocenters. The quantitative estimate of drug-likeness (QED) is 0.373. The Labute approximate surface area is 82.1 Å². The van der Waals surface area contributed by atoms with Crippen LogP contribution >= 0.6 is 0 Å². The van der Waals surface area contributed by atoms with E-state index in [2.05, 4.69) is 10.8 Å². The van der Waals surface area contributed by atoms with Gasteiger partial charge < -0.3 is 5.11 Å². The fourth-order valence-electron chi connectivity index (χ4n) is 0.712. The first-order valence-electron chi connectivity index (χ1n) is 3.86. The zero-order valence-corrected chi connectivity index (χ0v) is 8.29. The summed E-state index contributed by atoms with van der Waals surface area (Å²) in [4.78, 5) is 10.3. The summed E-state index contributed by atoms with van der Waals surface area (Å²) in [5, 5.41) is 8.40. The largest absolute Gasteiger partial charge is 0.478 e. The van der Waals surface area contributed by atoms with Crippen molar-refractivity contribution in [1.82, 2.24) is 0 Å². The number of rotatable bonds is 7. The Morgan fingerprint density at radius 3 is 2.36 bits per heavy atom. The maximum atomic E-state index is 10.3. The van der Waals surface area contributed by atoms with Gasteiger partial charge in [0, 0.05) is 5.57 Å². The first kappa shape index (κ1) is 13.1. The van der Waals surface area contributed by atoms with Crippen LogP contribution in [-0.2, 0) is 19.4 Å². The van der Waals surface area contributed by atoms with Crippen molar-refractivity contribution in [1.29, 1.82) is 0 Å². The number of hydrogen-bond acceptors (Lipinski definition) is 4. The molecule has 7 heteroatoms. The van der Waals surface area contributed by atoms with Crippen LogP contribution in [0.4, 0.5) is 0 Å². The van der Waals surface area contributed by atoms with Crippen molar-refractivity contribution in [2.45, 2.75) is 19.3 Å². The first-order valence-corrected chi connectivity index (χ1v) is 5.22. The molecule has 0 fully saturated rings. The average molecular weight is 224 g/mol. The maximum Gasteiger partial charge on any atom is 0.397 e. The van der Waals surface area contributed by atoms with Crippen LogP contribution in [0.15, 0.2) is 12.2 Å². The third-order valence-corrected chi connectivity index (χ3v) is 1.87. The minimum absolute atomic E-state index is 0.0665. The van der Waals surface area contributed by atoms with Crippen LogP contribution in [0.3, 0.4) is 0 Å². The molecular formula is C7H12O6S. The van der Waals surface area contributed by atoms with Gasteiger partial charge >= 0.3 is 16.4 Å². The standard InChI is InChI=1S/C7H12O6S/c1-6(7(8)9)4-2-3-5-13-14(10,11)12/h1-5H2,(H,8,9)(H,10,11,12). The highest BCUT2D eigenvalue weighted by Crippen LogP contribution is 2.05. The molecule has 0 aliphatic rings. The molecule has 0 saturated carbocycles. The molecule has 0 aromatic heterocycles. The molecule has 0 amide bonds. The molecule has 0 aromatic rings. The highest BCUT2D eigenvalue weighted by molar-refractivity contribution is 7.80. The lowest BCUT2D eigenvalue weighted by atomic mass is 10.1. The van der Waals surface area contributed by atoms with Crippen LogP contribution in [0, 0.1) is 0 Å². The maximum absolute atomic E-state index is 10.3. The van der Waals surface area contributed by atoms with E-state index in [4.69, 9.17) is 9.66 Å². The number of carboxylic acid groups (broad SMARTS) is 1. The molecule has 0 aliphatic heterocycles. The molecule has 14 heavy (non-hydrogen) atoms. The van der Waals surface area contributed by atoms with E-state index in [1.807, 2.05) is 0 Å². The molecule has 0 aromatic carbocycles. The smallest absolute Gasteiger partial charge is 0.397 e. The molecule has 82 valence electrons. The summed E-state index contributed by atoms with van der Waals surface area (Å²) in [6, 6.07) is 0. The molecule has 0 saturated heterocycles. The Balaban J connectivity index is 3.49. The van der Waals surface area contributed by atoms with Gasteiger partial charge in [-0.1, -0.05) is 6.58 Å². The zero-order valence-electron chi connectivity index (χ0n) is 7.47. The topological polar surface area (TPSA) is 101 Å². The van der Waals surface area contributed by atoms with Gasteiger partial charge in [0.1, 0.15) is 0 Å². The lowest BCUT2D eigenvalue weighted by Gasteiger charge is -2.00. The van der Waals surface area contributed by atoms with Gasteiger partial charge in [-0.25, -0.2) is 8.98 Å². The summed E-state index contributed by atoms with van der Waals surface area (Å²) < 4.78 is 32.3. The Morgan fingerprint density at radius 1 is 1.36 bits per heavy atom. The molecule has 6 nitrogen and oxygen atoms in total. The molecule has 2 N–H and O–H groups in total. The predicted molar refractivity (Wildman–Crippen MR) is 48.1 cm³/mol. The Hall–Kier alpha value is -0.920. The van der Waals surface area contributed by atoms with Gasteiger partial charge in [0.15, 0.2) is 0 Å². The van der Waals surface area contributed by atoms with E-state index in [1.165, 1.54) is 0 Å². The first-order chi connectivity index (χ1) is 6.33. The van der Waals surface area contributed by atoms with Gasteiger partial charge in [-0.3, -0.25) is 4.55 Å². The van der Waals surface area contributed by atoms with Crippen LogP contribution in [0.5, 0.6) is 0 Å². The second-order valence-electron chi connectivity index (χ2n) is 2.62. The molecular weight excluding hydrogens is 212 g/mol. The van der Waals surface area contributed by atoms with Crippen LogP contribution < -0.4 is 0 Å². The van der Waals surface area contributed by atoms with E-state index in [1.54, 1.807) is 0 Å². The zero-order chi connectivity index (χ0) is 11.2. The average Bonchev–Trinajstić information content (AvgIpc) is 2.01. The van der Waals surface area contributed by atoms with Crippen molar-refractivity contribution in [2.75, 3.05) is 6.61 Å². The fraction of sp³-hybridized carbons (Fsp3) is 0.571. The predicted octanol–water partition coefficient (Wildman–Crippen LogP) is 0.617. The summed E-state index contributed by atoms with van der Waals surface area (Å²) in [6.45, 7) is 3.13. The SMILES string of the molecule is C=C(CCCCOS(=O)(=O)O)C(=O)O. The van der Waals surface area contributed by atoms with Crippen LogP contribution in [-0.4, -0.2) is 30.7 Å². The minimum atomic E-state index is -4.38. The number of carboxylic acids is 1. The number of hydrogen-bond donors (Lipinski definition) is 2. The molecule has 0 spiro atoms. The minimum Gasteiger partial charge on any atom is -0.478 e. The van der Waals surface area contributed by atoms with Gasteiger partial charge in [0.05, 0.1) is 6.61 Å². The second-order valence-corrected chi connectivity index (χ2v) is 3.71. The summed E-state index contributed by atoms with van der Waals surface area (Å²) in [6.07, 6.45) is 1.05. The van der Waals surface area contributed by atoms with Crippen molar-refractivity contribution in [3.8, 4) is 0 Å². The van der Waals surface area contributed by atoms with Gasteiger partial charge in [0.2, 0.25) is 0 Å². The molecule has 0 heterocycles. The van der Waals surface area contributed by atoms with Crippen LogP contribution in [0.2, 0.25) is 0 Å². The van der Waals surface area contributed by atoms with Crippen molar-refractivity contribution in [3.05, 3.63) is 12.2 Å². The van der Waals surface area contributed by atoms with Gasteiger partial charge in [0.25, 0.3) is 0 Å². The summed E-state index contributed by atoms with van der Waals surface area (Å²) >= 11 is 0. The third kappa shape index (κ3) is 7.71. The van der Waals surface area contributed by atoms with Crippen LogP contribution in [0.1, 0.15) is 19.3 Å². The fourth-order valence-corrected chi connectivity index (χ4v) is 1.04. The lowest BCUT2D eigenvalue weighted by molar-refractivity contribution is -0.132. The summed E-state index contributed by atoms with van der Waals surface area (Å²) in [5.74, 6) is -1.07. The monoisotopic (exact) mass is 224 g/mol. The van der Waals surface area contributed by atoms with E-state index in [-0.39, 0.29) is 18.6 Å². The van der Waals surface area contributed by atoms with E-state index in [0.717, 1.165) is 0 Å². The number of carbonyl (C=O) groups is 1.